The maximum Gasteiger partial charge on any atom is 0.305 e. The average molecular weight is 304 g/mol. The zero-order valence-corrected chi connectivity index (χ0v) is 12.5. The fourth-order valence-electron chi connectivity index (χ4n) is 2.25. The number of benzene rings is 1. The molecule has 0 heterocycles. The van der Waals surface area contributed by atoms with Crippen molar-refractivity contribution >= 4 is 23.5 Å². The summed E-state index contributed by atoms with van der Waals surface area (Å²) >= 11 is 0. The van der Waals surface area contributed by atoms with Crippen LogP contribution in [0, 0.1) is 5.41 Å². The number of nitrogens with one attached hydrogen (secondary N) is 2. The number of carbonyl (C=O) groups excluding carboxylic acids is 2. The summed E-state index contributed by atoms with van der Waals surface area (Å²) in [6.07, 6.45) is 2.58. The van der Waals surface area contributed by atoms with E-state index in [0.717, 1.165) is 19.3 Å². The van der Waals surface area contributed by atoms with Crippen LogP contribution >= 0.6 is 0 Å². The van der Waals surface area contributed by atoms with Crippen LogP contribution in [0.1, 0.15) is 43.0 Å². The standard InChI is InChI=1S/C16H20N2O4/c1-2-16(8-9-16)15(22)18-12-5-3-11(4-6-12)14(21)17-10-7-13(19)20/h3-6H,2,7-10H2,1H3,(H,17,21)(H,18,22)(H,19,20). The fraction of sp³-hybridized carbons (Fsp3) is 0.438. The maximum absolute atomic E-state index is 12.1. The molecule has 3 N–H and O–H groups in total. The number of hydrogen-bond acceptors (Lipinski definition) is 3. The summed E-state index contributed by atoms with van der Waals surface area (Å²) in [5, 5.41) is 13.9. The first-order valence-electron chi connectivity index (χ1n) is 7.38. The Balaban J connectivity index is 1.88. The van der Waals surface area contributed by atoms with Gasteiger partial charge in [0.2, 0.25) is 5.91 Å². The number of aliphatic carboxylic acids is 1. The Bertz CT molecular complexity index is 576. The van der Waals surface area contributed by atoms with Gasteiger partial charge in [0.15, 0.2) is 0 Å². The van der Waals surface area contributed by atoms with Gasteiger partial charge in [-0.05, 0) is 43.5 Å². The van der Waals surface area contributed by atoms with E-state index in [9.17, 15) is 14.4 Å². The average Bonchev–Trinajstić information content (AvgIpc) is 3.28. The van der Waals surface area contributed by atoms with E-state index in [4.69, 9.17) is 5.11 Å². The molecule has 2 rings (SSSR count). The van der Waals surface area contributed by atoms with E-state index in [-0.39, 0.29) is 30.2 Å². The molecular weight excluding hydrogens is 284 g/mol. The summed E-state index contributed by atoms with van der Waals surface area (Å²) in [7, 11) is 0. The van der Waals surface area contributed by atoms with Crippen molar-refractivity contribution in [1.29, 1.82) is 0 Å². The van der Waals surface area contributed by atoms with Gasteiger partial charge in [-0.1, -0.05) is 6.92 Å². The van der Waals surface area contributed by atoms with E-state index in [0.29, 0.717) is 11.3 Å². The van der Waals surface area contributed by atoms with Gasteiger partial charge >= 0.3 is 5.97 Å². The van der Waals surface area contributed by atoms with Gasteiger partial charge in [-0.25, -0.2) is 0 Å². The highest BCUT2D eigenvalue weighted by molar-refractivity contribution is 5.98. The largest absolute Gasteiger partial charge is 0.481 e. The minimum atomic E-state index is -0.955. The summed E-state index contributed by atoms with van der Waals surface area (Å²) in [6.45, 7) is 2.10. The van der Waals surface area contributed by atoms with Crippen LogP contribution in [-0.2, 0) is 9.59 Å². The van der Waals surface area contributed by atoms with E-state index >= 15 is 0 Å². The molecule has 1 fully saturated rings. The van der Waals surface area contributed by atoms with E-state index in [1.807, 2.05) is 6.92 Å². The molecule has 118 valence electrons. The number of rotatable bonds is 7. The van der Waals surface area contributed by atoms with Crippen molar-refractivity contribution in [2.75, 3.05) is 11.9 Å². The lowest BCUT2D eigenvalue weighted by molar-refractivity contribution is -0.136. The second-order valence-electron chi connectivity index (χ2n) is 5.56. The lowest BCUT2D eigenvalue weighted by atomic mass is 10.0. The van der Waals surface area contributed by atoms with Crippen LogP contribution < -0.4 is 10.6 Å². The van der Waals surface area contributed by atoms with Crippen LogP contribution in [0.4, 0.5) is 5.69 Å². The summed E-state index contributed by atoms with van der Waals surface area (Å²) in [5.41, 5.74) is 0.888. The molecule has 1 aromatic carbocycles. The third-order valence-corrected chi connectivity index (χ3v) is 4.04. The molecule has 0 spiro atoms. The highest BCUT2D eigenvalue weighted by atomic mass is 16.4. The molecule has 0 bridgehead atoms. The zero-order chi connectivity index (χ0) is 16.2. The SMILES string of the molecule is CCC1(C(=O)Nc2ccc(C(=O)NCCC(=O)O)cc2)CC1. The van der Waals surface area contributed by atoms with Crippen molar-refractivity contribution in [3.05, 3.63) is 29.8 Å². The molecule has 6 heteroatoms. The highest BCUT2D eigenvalue weighted by Gasteiger charge is 2.47. The van der Waals surface area contributed by atoms with E-state index < -0.39 is 5.97 Å². The molecule has 2 amide bonds. The fourth-order valence-corrected chi connectivity index (χ4v) is 2.25. The predicted octanol–water partition coefficient (Wildman–Crippen LogP) is 2.02. The topological polar surface area (TPSA) is 95.5 Å². The van der Waals surface area contributed by atoms with Crippen molar-refractivity contribution in [1.82, 2.24) is 5.32 Å². The molecule has 0 unspecified atom stereocenters. The molecule has 1 aliphatic rings. The van der Waals surface area contributed by atoms with E-state index in [2.05, 4.69) is 10.6 Å². The first-order chi connectivity index (χ1) is 10.5. The van der Waals surface area contributed by atoms with Crippen LogP contribution in [0.2, 0.25) is 0 Å². The Hall–Kier alpha value is -2.37. The van der Waals surface area contributed by atoms with Gasteiger partial charge in [-0.15, -0.1) is 0 Å². The van der Waals surface area contributed by atoms with Gasteiger partial charge in [-0.2, -0.15) is 0 Å². The quantitative estimate of drug-likeness (QED) is 0.718. The van der Waals surface area contributed by atoms with Crippen molar-refractivity contribution in [2.45, 2.75) is 32.6 Å². The lowest BCUT2D eigenvalue weighted by Crippen LogP contribution is -2.26. The van der Waals surface area contributed by atoms with Crippen LogP contribution in [0.15, 0.2) is 24.3 Å². The number of amides is 2. The summed E-state index contributed by atoms with van der Waals surface area (Å²) in [6, 6.07) is 6.57. The molecule has 22 heavy (non-hydrogen) atoms. The second-order valence-corrected chi connectivity index (χ2v) is 5.56. The highest BCUT2D eigenvalue weighted by Crippen LogP contribution is 2.49. The molecule has 0 aromatic heterocycles. The number of carboxylic acids is 1. The smallest absolute Gasteiger partial charge is 0.305 e. The summed E-state index contributed by atoms with van der Waals surface area (Å²) in [4.78, 5) is 34.3. The van der Waals surface area contributed by atoms with Gasteiger partial charge in [0.1, 0.15) is 0 Å². The Morgan fingerprint density at radius 2 is 1.82 bits per heavy atom. The zero-order valence-electron chi connectivity index (χ0n) is 12.5. The van der Waals surface area contributed by atoms with Gasteiger partial charge < -0.3 is 15.7 Å². The number of carboxylic acid groups (broad SMARTS) is 1. The van der Waals surface area contributed by atoms with Crippen molar-refractivity contribution in [2.24, 2.45) is 5.41 Å². The third-order valence-electron chi connectivity index (χ3n) is 4.04. The predicted molar refractivity (Wildman–Crippen MR) is 81.6 cm³/mol. The maximum atomic E-state index is 12.1. The molecule has 0 saturated heterocycles. The van der Waals surface area contributed by atoms with E-state index in [1.54, 1.807) is 24.3 Å². The number of hydrogen-bond donors (Lipinski definition) is 3. The number of anilines is 1. The minimum Gasteiger partial charge on any atom is -0.481 e. The summed E-state index contributed by atoms with van der Waals surface area (Å²) in [5.74, 6) is -1.25. The Kier molecular flexibility index (Phi) is 4.80. The first kappa shape index (κ1) is 16.0. The van der Waals surface area contributed by atoms with Crippen LogP contribution in [0.5, 0.6) is 0 Å². The molecule has 0 atom stereocenters. The van der Waals surface area contributed by atoms with Gasteiger partial charge in [0.05, 0.1) is 6.42 Å². The molecule has 1 saturated carbocycles. The third kappa shape index (κ3) is 3.84. The Morgan fingerprint density at radius 1 is 1.18 bits per heavy atom. The Morgan fingerprint density at radius 3 is 2.32 bits per heavy atom. The van der Waals surface area contributed by atoms with Crippen LogP contribution in [0.25, 0.3) is 0 Å². The summed E-state index contributed by atoms with van der Waals surface area (Å²) < 4.78 is 0. The van der Waals surface area contributed by atoms with Crippen molar-refractivity contribution in [3.8, 4) is 0 Å². The molecule has 6 nitrogen and oxygen atoms in total. The van der Waals surface area contributed by atoms with Gasteiger partial charge in [0, 0.05) is 23.2 Å². The monoisotopic (exact) mass is 304 g/mol. The molecule has 0 aliphatic heterocycles. The lowest BCUT2D eigenvalue weighted by Gasteiger charge is -2.13. The van der Waals surface area contributed by atoms with Crippen LogP contribution in [0.3, 0.4) is 0 Å². The molecule has 0 radical (unpaired) electrons. The number of carbonyl (C=O) groups is 3. The van der Waals surface area contributed by atoms with Gasteiger partial charge in [0.25, 0.3) is 5.91 Å². The molecular formula is C16H20N2O4. The van der Waals surface area contributed by atoms with Crippen molar-refractivity contribution < 1.29 is 19.5 Å². The second kappa shape index (κ2) is 6.60. The van der Waals surface area contributed by atoms with Crippen molar-refractivity contribution in [3.63, 3.8) is 0 Å². The molecule has 1 aliphatic carbocycles. The van der Waals surface area contributed by atoms with E-state index in [1.165, 1.54) is 0 Å². The first-order valence-corrected chi connectivity index (χ1v) is 7.38. The van der Waals surface area contributed by atoms with Gasteiger partial charge in [-0.3, -0.25) is 14.4 Å². The Labute approximate surface area is 128 Å². The minimum absolute atomic E-state index is 0.0358. The van der Waals surface area contributed by atoms with Crippen LogP contribution in [-0.4, -0.2) is 29.4 Å². The molecule has 1 aromatic rings. The normalized spacial score (nSPS) is 15.0.